The molecule has 3 unspecified atom stereocenters. The second kappa shape index (κ2) is 10.8. The summed E-state index contributed by atoms with van der Waals surface area (Å²) in [6.45, 7) is 6.69. The summed E-state index contributed by atoms with van der Waals surface area (Å²) in [5, 5.41) is 13.3. The molecule has 0 bridgehead atoms. The van der Waals surface area contributed by atoms with E-state index in [9.17, 15) is 4.79 Å². The zero-order valence-corrected chi connectivity index (χ0v) is 21.9. The topological polar surface area (TPSA) is 56.4 Å². The molecular formula is C28H33ClN4OS. The highest BCUT2D eigenvalue weighted by Crippen LogP contribution is 2.31. The number of benzene rings is 2. The molecule has 3 aromatic rings. The van der Waals surface area contributed by atoms with E-state index in [0.717, 1.165) is 75.6 Å². The predicted molar refractivity (Wildman–Crippen MR) is 151 cm³/mol. The van der Waals surface area contributed by atoms with E-state index in [1.807, 2.05) is 36.4 Å². The van der Waals surface area contributed by atoms with Crippen molar-refractivity contribution in [1.29, 1.82) is 0 Å². The first-order chi connectivity index (χ1) is 17.0. The summed E-state index contributed by atoms with van der Waals surface area (Å²) in [5.41, 5.74) is 2.19. The largest absolute Gasteiger partial charge is 0.383 e. The van der Waals surface area contributed by atoms with Crippen LogP contribution in [0.4, 0.5) is 5.69 Å². The molecule has 2 heterocycles. The Morgan fingerprint density at radius 1 is 1.17 bits per heavy atom. The number of allylic oxidation sites excluding steroid dienone is 2. The fourth-order valence-corrected chi connectivity index (χ4v) is 6.57. The first-order valence-electron chi connectivity index (χ1n) is 12.4. The zero-order chi connectivity index (χ0) is 24.4. The Morgan fingerprint density at radius 2 is 2.00 bits per heavy atom. The molecule has 1 saturated heterocycles. The molecule has 7 heteroatoms. The summed E-state index contributed by atoms with van der Waals surface area (Å²) >= 11 is 7.88. The number of fused-ring (bicyclic) bond motifs is 3. The van der Waals surface area contributed by atoms with Gasteiger partial charge in [0, 0.05) is 69.7 Å². The van der Waals surface area contributed by atoms with Gasteiger partial charge in [-0.15, -0.1) is 11.3 Å². The average molecular weight is 509 g/mol. The lowest BCUT2D eigenvalue weighted by molar-refractivity contribution is 0.264. The van der Waals surface area contributed by atoms with Crippen LogP contribution in [0.1, 0.15) is 12.0 Å². The Morgan fingerprint density at radius 3 is 2.89 bits per heavy atom. The third-order valence-electron chi connectivity index (χ3n) is 7.17. The van der Waals surface area contributed by atoms with Gasteiger partial charge in [-0.2, -0.15) is 0 Å². The van der Waals surface area contributed by atoms with Crippen molar-refractivity contribution < 1.29 is 0 Å². The minimum Gasteiger partial charge on any atom is -0.383 e. The van der Waals surface area contributed by atoms with Crippen LogP contribution in [0, 0.1) is 12.8 Å². The molecule has 1 aliphatic carbocycles. The molecular weight excluding hydrogens is 476 g/mol. The molecule has 1 aromatic heterocycles. The molecule has 2 aromatic carbocycles. The zero-order valence-electron chi connectivity index (χ0n) is 20.3. The van der Waals surface area contributed by atoms with Crippen LogP contribution in [-0.4, -0.2) is 56.8 Å². The monoisotopic (exact) mass is 508 g/mol. The number of nitrogens with one attached hydrogen (secondary N) is 3. The van der Waals surface area contributed by atoms with Gasteiger partial charge < -0.3 is 20.9 Å². The van der Waals surface area contributed by atoms with Crippen LogP contribution < -0.4 is 21.4 Å². The molecule has 0 radical (unpaired) electrons. The molecule has 1 aliphatic heterocycles. The maximum atomic E-state index is 13.3. The lowest BCUT2D eigenvalue weighted by atomic mass is 9.83. The van der Waals surface area contributed by atoms with Crippen LogP contribution in [-0.2, 0) is 0 Å². The first-order valence-corrected chi connectivity index (χ1v) is 13.6. The number of piperidine rings is 1. The Bertz CT molecular complexity index is 1330. The van der Waals surface area contributed by atoms with E-state index >= 15 is 0 Å². The van der Waals surface area contributed by atoms with Crippen molar-refractivity contribution in [3.05, 3.63) is 75.4 Å². The lowest BCUT2D eigenvalue weighted by Crippen LogP contribution is -2.53. The normalized spacial score (nSPS) is 21.9. The second-order valence-corrected chi connectivity index (χ2v) is 11.1. The molecule has 3 N–H and O–H groups in total. The van der Waals surface area contributed by atoms with E-state index in [1.54, 1.807) is 11.3 Å². The molecule has 0 spiro atoms. The number of anilines is 1. The van der Waals surface area contributed by atoms with Crippen molar-refractivity contribution in [1.82, 2.24) is 15.5 Å². The van der Waals surface area contributed by atoms with Crippen LogP contribution in [0.5, 0.6) is 0 Å². The van der Waals surface area contributed by atoms with E-state index in [-0.39, 0.29) is 5.43 Å². The molecule has 3 atom stereocenters. The molecule has 5 nitrogen and oxygen atoms in total. The highest BCUT2D eigenvalue weighted by molar-refractivity contribution is 7.24. The van der Waals surface area contributed by atoms with E-state index in [0.29, 0.717) is 18.0 Å². The van der Waals surface area contributed by atoms with Crippen LogP contribution in [0.2, 0.25) is 0 Å². The Labute approximate surface area is 215 Å². The number of halogens is 1. The van der Waals surface area contributed by atoms with Gasteiger partial charge in [0.1, 0.15) is 0 Å². The van der Waals surface area contributed by atoms with Gasteiger partial charge >= 0.3 is 0 Å². The fourth-order valence-electron chi connectivity index (χ4n) is 5.19. The van der Waals surface area contributed by atoms with Gasteiger partial charge in [0.15, 0.2) is 5.43 Å². The summed E-state index contributed by atoms with van der Waals surface area (Å²) in [7, 11) is 2.15. The Balaban J connectivity index is 1.16. The quantitative estimate of drug-likeness (QED) is 0.385. The molecule has 1 fully saturated rings. The van der Waals surface area contributed by atoms with Gasteiger partial charge in [-0.3, -0.25) is 4.79 Å². The van der Waals surface area contributed by atoms with Gasteiger partial charge in [0.25, 0.3) is 0 Å². The number of hydrogen-bond donors (Lipinski definition) is 3. The summed E-state index contributed by atoms with van der Waals surface area (Å²) < 4.78 is 2.12. The third-order valence-corrected chi connectivity index (χ3v) is 8.72. The minimum absolute atomic E-state index is 0.117. The van der Waals surface area contributed by atoms with Crippen LogP contribution >= 0.6 is 22.9 Å². The SMILES string of the molecule is Cc1ccc(NCCN(C)CCNC2CCNC3C=C(Cl)C=CC32)c2c(=O)c3ccccc3sc12. The van der Waals surface area contributed by atoms with Crippen molar-refractivity contribution in [3.8, 4) is 0 Å². The average Bonchev–Trinajstić information content (AvgIpc) is 2.85. The molecule has 0 saturated carbocycles. The van der Waals surface area contributed by atoms with E-state index < -0.39 is 0 Å². The van der Waals surface area contributed by atoms with Crippen molar-refractivity contribution >= 4 is 48.8 Å². The number of likely N-dealkylation sites (N-methyl/N-ethyl adjacent to an activating group) is 1. The molecule has 5 rings (SSSR count). The molecule has 2 aliphatic rings. The van der Waals surface area contributed by atoms with Gasteiger partial charge in [-0.1, -0.05) is 35.9 Å². The first kappa shape index (κ1) is 24.5. The van der Waals surface area contributed by atoms with Crippen molar-refractivity contribution in [3.63, 3.8) is 0 Å². The summed E-state index contributed by atoms with van der Waals surface area (Å²) in [6, 6.07) is 12.8. The third kappa shape index (κ3) is 5.32. The smallest absolute Gasteiger partial charge is 0.197 e. The second-order valence-electron chi connectivity index (χ2n) is 9.61. The van der Waals surface area contributed by atoms with Gasteiger partial charge in [-0.25, -0.2) is 0 Å². The van der Waals surface area contributed by atoms with E-state index in [2.05, 4.69) is 53.0 Å². The molecule has 184 valence electrons. The standard InChI is InChI=1S/C28H33ClN4OS/c1-18-7-10-23(26-27(34)21-5-3-4-6-25(21)35-28(18)26)32-14-16-33(2)15-13-31-22-11-12-30-24-17-19(29)8-9-20(22)24/h3-10,17,20,22,24,30-32H,11-16H2,1-2H3. The summed E-state index contributed by atoms with van der Waals surface area (Å²) in [4.78, 5) is 15.6. The molecule has 0 amide bonds. The number of aryl methyl sites for hydroxylation is 1. The predicted octanol–water partition coefficient (Wildman–Crippen LogP) is 4.70. The Kier molecular flexibility index (Phi) is 7.56. The van der Waals surface area contributed by atoms with Gasteiger partial charge in [0.2, 0.25) is 0 Å². The Hall–Kier alpha value is -2.22. The van der Waals surface area contributed by atoms with Gasteiger partial charge in [0.05, 0.1) is 5.39 Å². The summed E-state index contributed by atoms with van der Waals surface area (Å²) in [5.74, 6) is 0.450. The summed E-state index contributed by atoms with van der Waals surface area (Å²) in [6.07, 6.45) is 7.51. The van der Waals surface area contributed by atoms with Crippen LogP contribution in [0.3, 0.4) is 0 Å². The fraction of sp³-hybridized carbons (Fsp3) is 0.393. The maximum absolute atomic E-state index is 13.3. The van der Waals surface area contributed by atoms with Crippen LogP contribution in [0.15, 0.2) is 64.5 Å². The van der Waals surface area contributed by atoms with Crippen LogP contribution in [0.25, 0.3) is 20.2 Å². The van der Waals surface area contributed by atoms with E-state index in [1.165, 1.54) is 0 Å². The highest BCUT2D eigenvalue weighted by Gasteiger charge is 2.31. The number of rotatable bonds is 8. The lowest BCUT2D eigenvalue weighted by Gasteiger charge is -2.38. The van der Waals surface area contributed by atoms with Crippen molar-refractivity contribution in [2.75, 3.05) is 45.1 Å². The number of nitrogens with zero attached hydrogens (tertiary/aromatic N) is 1. The highest BCUT2D eigenvalue weighted by atomic mass is 35.5. The maximum Gasteiger partial charge on any atom is 0.197 e. The minimum atomic E-state index is 0.117. The van der Waals surface area contributed by atoms with Gasteiger partial charge in [-0.05, 0) is 62.9 Å². The number of hydrogen-bond acceptors (Lipinski definition) is 6. The van der Waals surface area contributed by atoms with Crippen molar-refractivity contribution in [2.24, 2.45) is 5.92 Å². The van der Waals surface area contributed by atoms with E-state index in [4.69, 9.17) is 11.6 Å². The molecule has 35 heavy (non-hydrogen) atoms. The van der Waals surface area contributed by atoms with Crippen molar-refractivity contribution in [2.45, 2.75) is 25.4 Å².